The van der Waals surface area contributed by atoms with Gasteiger partial charge in [0, 0.05) is 18.8 Å². The molecule has 1 aromatic heterocycles. The van der Waals surface area contributed by atoms with Gasteiger partial charge in [0.1, 0.15) is 5.82 Å². The van der Waals surface area contributed by atoms with Crippen LogP contribution in [0.2, 0.25) is 5.02 Å². The number of hydrogen-bond donors (Lipinski definition) is 3. The van der Waals surface area contributed by atoms with Gasteiger partial charge in [-0.3, -0.25) is 0 Å². The van der Waals surface area contributed by atoms with Gasteiger partial charge in [-0.05, 0) is 18.9 Å². The lowest BCUT2D eigenvalue weighted by atomic mass is 10.1. The SMILES string of the molecule is CC(CO)C(C)Nc1cc(C(=O)O)c(Cl)cn1. The topological polar surface area (TPSA) is 82.5 Å². The van der Waals surface area contributed by atoms with Gasteiger partial charge in [0.25, 0.3) is 0 Å². The molecule has 2 atom stereocenters. The number of nitrogens with zero attached hydrogens (tertiary/aromatic N) is 1. The Kier molecular flexibility index (Phi) is 4.72. The zero-order valence-electron chi connectivity index (χ0n) is 9.64. The van der Waals surface area contributed by atoms with Crippen molar-refractivity contribution >= 4 is 23.4 Å². The minimum atomic E-state index is -1.09. The molecule has 1 rings (SSSR count). The standard InChI is InChI=1S/C11H15ClN2O3/c1-6(5-15)7(2)14-10-3-8(11(16)17)9(12)4-13-10/h3-4,6-7,15H,5H2,1-2H3,(H,13,14)(H,16,17). The van der Waals surface area contributed by atoms with E-state index in [1.165, 1.54) is 12.3 Å². The largest absolute Gasteiger partial charge is 0.478 e. The molecule has 0 fully saturated rings. The van der Waals surface area contributed by atoms with Crippen LogP contribution in [0.4, 0.5) is 5.82 Å². The van der Waals surface area contributed by atoms with Crippen molar-refractivity contribution in [2.24, 2.45) is 5.92 Å². The second-order valence-corrected chi connectivity index (χ2v) is 4.35. The Balaban J connectivity index is 2.86. The minimum Gasteiger partial charge on any atom is -0.478 e. The van der Waals surface area contributed by atoms with Gasteiger partial charge in [-0.1, -0.05) is 18.5 Å². The zero-order chi connectivity index (χ0) is 13.0. The van der Waals surface area contributed by atoms with E-state index in [1.807, 2.05) is 13.8 Å². The molecule has 94 valence electrons. The number of pyridine rings is 1. The molecule has 1 aromatic rings. The van der Waals surface area contributed by atoms with Crippen LogP contribution in [0.3, 0.4) is 0 Å². The fraction of sp³-hybridized carbons (Fsp3) is 0.455. The van der Waals surface area contributed by atoms with Crippen LogP contribution in [0.15, 0.2) is 12.3 Å². The summed E-state index contributed by atoms with van der Waals surface area (Å²) in [6.45, 7) is 3.82. The molecule has 0 aliphatic carbocycles. The first kappa shape index (κ1) is 13.7. The van der Waals surface area contributed by atoms with Crippen LogP contribution in [0.1, 0.15) is 24.2 Å². The Morgan fingerprint density at radius 2 is 2.24 bits per heavy atom. The van der Waals surface area contributed by atoms with Crippen molar-refractivity contribution in [2.45, 2.75) is 19.9 Å². The predicted molar refractivity (Wildman–Crippen MR) is 65.5 cm³/mol. The number of carboxylic acid groups (broad SMARTS) is 1. The fourth-order valence-electron chi connectivity index (χ4n) is 1.22. The molecular weight excluding hydrogens is 244 g/mol. The van der Waals surface area contributed by atoms with E-state index in [0.717, 1.165) is 0 Å². The first-order chi connectivity index (χ1) is 7.95. The summed E-state index contributed by atoms with van der Waals surface area (Å²) in [5, 5.41) is 21.0. The lowest BCUT2D eigenvalue weighted by molar-refractivity contribution is 0.0697. The van der Waals surface area contributed by atoms with Crippen molar-refractivity contribution in [1.82, 2.24) is 4.98 Å². The molecule has 2 unspecified atom stereocenters. The zero-order valence-corrected chi connectivity index (χ0v) is 10.4. The predicted octanol–water partition coefficient (Wildman–Crippen LogP) is 1.86. The molecule has 0 radical (unpaired) electrons. The van der Waals surface area contributed by atoms with Gasteiger partial charge in [-0.25, -0.2) is 9.78 Å². The molecule has 0 saturated heterocycles. The molecule has 17 heavy (non-hydrogen) atoms. The van der Waals surface area contributed by atoms with E-state index in [-0.39, 0.29) is 29.2 Å². The summed E-state index contributed by atoms with van der Waals surface area (Å²) in [7, 11) is 0. The summed E-state index contributed by atoms with van der Waals surface area (Å²) in [4.78, 5) is 14.9. The Morgan fingerprint density at radius 1 is 1.59 bits per heavy atom. The quantitative estimate of drug-likeness (QED) is 0.751. The molecule has 0 spiro atoms. The lowest BCUT2D eigenvalue weighted by Crippen LogP contribution is -2.26. The molecule has 3 N–H and O–H groups in total. The second kappa shape index (κ2) is 5.84. The van der Waals surface area contributed by atoms with Crippen molar-refractivity contribution in [3.63, 3.8) is 0 Å². The van der Waals surface area contributed by atoms with Gasteiger partial charge in [0.15, 0.2) is 0 Å². The monoisotopic (exact) mass is 258 g/mol. The van der Waals surface area contributed by atoms with Crippen LogP contribution >= 0.6 is 11.6 Å². The Labute approximate surface area is 104 Å². The number of aromatic carboxylic acids is 1. The van der Waals surface area contributed by atoms with E-state index in [2.05, 4.69) is 10.3 Å². The molecule has 6 heteroatoms. The van der Waals surface area contributed by atoms with E-state index >= 15 is 0 Å². The summed E-state index contributed by atoms with van der Waals surface area (Å²) in [6, 6.07) is 1.36. The van der Waals surface area contributed by atoms with Crippen molar-refractivity contribution < 1.29 is 15.0 Å². The maximum absolute atomic E-state index is 10.9. The van der Waals surface area contributed by atoms with Crippen LogP contribution in [0, 0.1) is 5.92 Å². The third-order valence-electron chi connectivity index (χ3n) is 2.60. The number of aliphatic hydroxyl groups is 1. The normalized spacial score (nSPS) is 14.1. The number of halogens is 1. The summed E-state index contributed by atoms with van der Waals surface area (Å²) in [6.07, 6.45) is 1.30. The van der Waals surface area contributed by atoms with E-state index in [4.69, 9.17) is 21.8 Å². The number of aliphatic hydroxyl groups excluding tert-OH is 1. The molecule has 0 bridgehead atoms. The van der Waals surface area contributed by atoms with Crippen molar-refractivity contribution in [3.05, 3.63) is 22.8 Å². The number of rotatable bonds is 5. The molecule has 0 aliphatic rings. The molecule has 0 aliphatic heterocycles. The van der Waals surface area contributed by atoms with Gasteiger partial charge >= 0.3 is 5.97 Å². The van der Waals surface area contributed by atoms with Crippen LogP contribution in [-0.2, 0) is 0 Å². The van der Waals surface area contributed by atoms with Gasteiger partial charge < -0.3 is 15.5 Å². The first-order valence-electron chi connectivity index (χ1n) is 5.22. The molecule has 0 saturated carbocycles. The molecule has 0 amide bonds. The highest BCUT2D eigenvalue weighted by Crippen LogP contribution is 2.19. The number of anilines is 1. The summed E-state index contributed by atoms with van der Waals surface area (Å²) < 4.78 is 0. The maximum atomic E-state index is 10.9. The Bertz CT molecular complexity index is 412. The van der Waals surface area contributed by atoms with Crippen molar-refractivity contribution in [2.75, 3.05) is 11.9 Å². The van der Waals surface area contributed by atoms with Crippen LogP contribution in [-0.4, -0.2) is 33.8 Å². The van der Waals surface area contributed by atoms with Gasteiger partial charge in [-0.2, -0.15) is 0 Å². The van der Waals surface area contributed by atoms with Crippen LogP contribution in [0.5, 0.6) is 0 Å². The van der Waals surface area contributed by atoms with Gasteiger partial charge in [-0.15, -0.1) is 0 Å². The first-order valence-corrected chi connectivity index (χ1v) is 5.59. The highest BCUT2D eigenvalue weighted by atomic mass is 35.5. The van der Waals surface area contributed by atoms with E-state index in [0.29, 0.717) is 5.82 Å². The molecule has 5 nitrogen and oxygen atoms in total. The third kappa shape index (κ3) is 3.57. The lowest BCUT2D eigenvalue weighted by Gasteiger charge is -2.20. The molecule has 1 heterocycles. The van der Waals surface area contributed by atoms with Crippen LogP contribution < -0.4 is 5.32 Å². The summed E-state index contributed by atoms with van der Waals surface area (Å²) >= 11 is 5.71. The number of aromatic nitrogens is 1. The smallest absolute Gasteiger partial charge is 0.337 e. The van der Waals surface area contributed by atoms with Gasteiger partial charge in [0.05, 0.1) is 10.6 Å². The number of nitrogens with one attached hydrogen (secondary N) is 1. The van der Waals surface area contributed by atoms with E-state index in [1.54, 1.807) is 0 Å². The van der Waals surface area contributed by atoms with E-state index in [9.17, 15) is 4.79 Å². The average molecular weight is 259 g/mol. The van der Waals surface area contributed by atoms with Crippen molar-refractivity contribution in [3.8, 4) is 0 Å². The second-order valence-electron chi connectivity index (χ2n) is 3.95. The number of hydrogen-bond acceptors (Lipinski definition) is 4. The minimum absolute atomic E-state index is 0.00742. The van der Waals surface area contributed by atoms with E-state index < -0.39 is 5.97 Å². The summed E-state index contributed by atoms with van der Waals surface area (Å²) in [5.74, 6) is -0.622. The number of carboxylic acids is 1. The maximum Gasteiger partial charge on any atom is 0.337 e. The van der Waals surface area contributed by atoms with Gasteiger partial charge in [0.2, 0.25) is 0 Å². The summed E-state index contributed by atoms with van der Waals surface area (Å²) in [5.41, 5.74) is 0.00742. The Hall–Kier alpha value is -1.33. The van der Waals surface area contributed by atoms with Crippen molar-refractivity contribution in [1.29, 1.82) is 0 Å². The fourth-order valence-corrected chi connectivity index (χ4v) is 1.40. The highest BCUT2D eigenvalue weighted by molar-refractivity contribution is 6.33. The molecular formula is C11H15ClN2O3. The highest BCUT2D eigenvalue weighted by Gasteiger charge is 2.14. The third-order valence-corrected chi connectivity index (χ3v) is 2.90. The number of carbonyl (C=O) groups is 1. The molecule has 0 aromatic carbocycles. The van der Waals surface area contributed by atoms with Crippen LogP contribution in [0.25, 0.3) is 0 Å². The Morgan fingerprint density at radius 3 is 2.76 bits per heavy atom. The average Bonchev–Trinajstić information content (AvgIpc) is 2.30.